The molecule has 0 radical (unpaired) electrons. The first-order chi connectivity index (χ1) is 12.6. The largest absolute Gasteiger partial charge is 0.480 e. The fourth-order valence-electron chi connectivity index (χ4n) is 2.85. The molecule has 1 amide bonds. The van der Waals surface area contributed by atoms with Crippen LogP contribution >= 0.6 is 11.8 Å². The van der Waals surface area contributed by atoms with E-state index in [1.807, 2.05) is 30.3 Å². The van der Waals surface area contributed by atoms with Gasteiger partial charge in [-0.2, -0.15) is 0 Å². The second-order valence-corrected chi connectivity index (χ2v) is 6.76. The van der Waals surface area contributed by atoms with E-state index in [1.165, 1.54) is 16.7 Å². The van der Waals surface area contributed by atoms with Gasteiger partial charge in [0.05, 0.1) is 5.56 Å². The van der Waals surface area contributed by atoms with Gasteiger partial charge < -0.3 is 14.7 Å². The molecule has 1 N–H and O–H groups in total. The molecule has 6 heteroatoms. The molecule has 0 bridgehead atoms. The predicted molar refractivity (Wildman–Crippen MR) is 100 cm³/mol. The lowest BCUT2D eigenvalue weighted by molar-refractivity contribution is -0.141. The first-order valence-corrected chi connectivity index (χ1v) is 9.05. The molecular weight excluding hydrogens is 350 g/mol. The Morgan fingerprint density at radius 3 is 2.58 bits per heavy atom. The van der Waals surface area contributed by atoms with Gasteiger partial charge in [0.2, 0.25) is 0 Å². The molecule has 2 aromatic carbocycles. The van der Waals surface area contributed by atoms with Crippen LogP contribution in [0.15, 0.2) is 54.6 Å². The van der Waals surface area contributed by atoms with Gasteiger partial charge >= 0.3 is 5.97 Å². The normalized spacial score (nSPS) is 19.0. The molecule has 1 saturated heterocycles. The summed E-state index contributed by atoms with van der Waals surface area (Å²) in [6.07, 6.45) is 5.23. The Kier molecular flexibility index (Phi) is 5.49. The first kappa shape index (κ1) is 17.9. The van der Waals surface area contributed by atoms with Crippen molar-refractivity contribution in [2.75, 3.05) is 12.4 Å². The van der Waals surface area contributed by atoms with Crippen molar-refractivity contribution >= 4 is 23.6 Å². The maximum Gasteiger partial charge on any atom is 0.327 e. The zero-order valence-electron chi connectivity index (χ0n) is 13.9. The lowest BCUT2D eigenvalue weighted by atomic mass is 10.1. The van der Waals surface area contributed by atoms with E-state index in [2.05, 4.69) is 5.92 Å². The Morgan fingerprint density at radius 1 is 1.19 bits per heavy atom. The van der Waals surface area contributed by atoms with Gasteiger partial charge in [0.1, 0.15) is 23.8 Å². The van der Waals surface area contributed by atoms with Crippen molar-refractivity contribution in [1.82, 2.24) is 4.90 Å². The third-order valence-electron chi connectivity index (χ3n) is 4.03. The molecule has 0 saturated carbocycles. The summed E-state index contributed by atoms with van der Waals surface area (Å²) in [4.78, 5) is 26.4. The van der Waals surface area contributed by atoms with E-state index in [0.717, 1.165) is 5.56 Å². The summed E-state index contributed by atoms with van der Waals surface area (Å²) < 4.78 is 5.47. The number of thioether (sulfide) groups is 1. The van der Waals surface area contributed by atoms with Crippen LogP contribution in [0.4, 0.5) is 0 Å². The molecule has 3 rings (SSSR count). The van der Waals surface area contributed by atoms with Crippen molar-refractivity contribution in [2.24, 2.45) is 0 Å². The summed E-state index contributed by atoms with van der Waals surface area (Å²) in [7, 11) is 0. The zero-order valence-corrected chi connectivity index (χ0v) is 14.7. The summed E-state index contributed by atoms with van der Waals surface area (Å²) in [6, 6.07) is 15.2. The molecule has 0 spiro atoms. The number of carboxylic acid groups (broad SMARTS) is 1. The fraction of sp³-hybridized carbons (Fsp3) is 0.200. The van der Waals surface area contributed by atoms with E-state index in [4.69, 9.17) is 11.2 Å². The van der Waals surface area contributed by atoms with Gasteiger partial charge in [-0.1, -0.05) is 48.4 Å². The summed E-state index contributed by atoms with van der Waals surface area (Å²) in [6.45, 7) is 0.0313. The Hall–Kier alpha value is -2.91. The second kappa shape index (κ2) is 7.98. The number of nitrogens with zero attached hydrogens (tertiary/aromatic N) is 1. The lowest BCUT2D eigenvalue weighted by Gasteiger charge is -2.28. The van der Waals surface area contributed by atoms with E-state index in [-0.39, 0.29) is 17.9 Å². The van der Waals surface area contributed by atoms with Crippen LogP contribution in [0, 0.1) is 12.3 Å². The zero-order chi connectivity index (χ0) is 18.5. The van der Waals surface area contributed by atoms with Crippen molar-refractivity contribution in [3.05, 3.63) is 65.7 Å². The number of carbonyl (C=O) groups is 2. The molecule has 1 aliphatic rings. The van der Waals surface area contributed by atoms with Crippen molar-refractivity contribution in [3.63, 3.8) is 0 Å². The predicted octanol–water partition coefficient (Wildman–Crippen LogP) is 3.04. The third kappa shape index (κ3) is 3.53. The van der Waals surface area contributed by atoms with Gasteiger partial charge in [0.25, 0.3) is 5.91 Å². The number of para-hydroxylation sites is 1. The highest BCUT2D eigenvalue weighted by atomic mass is 32.2. The van der Waals surface area contributed by atoms with Gasteiger partial charge in [-0.05, 0) is 17.7 Å². The highest BCUT2D eigenvalue weighted by molar-refractivity contribution is 7.99. The minimum atomic E-state index is -1.02. The number of benzene rings is 2. The van der Waals surface area contributed by atoms with Crippen LogP contribution in [0.2, 0.25) is 0 Å². The second-order valence-electron chi connectivity index (χ2n) is 5.65. The summed E-state index contributed by atoms with van der Waals surface area (Å²) in [5.41, 5.74) is 1.19. The van der Waals surface area contributed by atoms with Crippen LogP contribution < -0.4 is 4.74 Å². The maximum absolute atomic E-state index is 13.2. The maximum atomic E-state index is 13.2. The summed E-state index contributed by atoms with van der Waals surface area (Å²) in [5.74, 6) is 1.64. The van der Waals surface area contributed by atoms with Crippen molar-refractivity contribution in [2.45, 2.75) is 11.4 Å². The average molecular weight is 367 g/mol. The van der Waals surface area contributed by atoms with Crippen molar-refractivity contribution < 1.29 is 19.4 Å². The van der Waals surface area contributed by atoms with Crippen LogP contribution in [0.3, 0.4) is 0 Å². The lowest BCUT2D eigenvalue weighted by Crippen LogP contribution is -2.43. The Morgan fingerprint density at radius 2 is 1.88 bits per heavy atom. The first-order valence-electron chi connectivity index (χ1n) is 8.00. The molecule has 1 aliphatic heterocycles. The number of carbonyl (C=O) groups excluding carboxylic acids is 1. The Balaban J connectivity index is 1.99. The molecule has 0 aromatic heterocycles. The van der Waals surface area contributed by atoms with Crippen LogP contribution in [0.25, 0.3) is 0 Å². The van der Waals surface area contributed by atoms with Gasteiger partial charge in [-0.15, -0.1) is 18.2 Å². The smallest absolute Gasteiger partial charge is 0.327 e. The molecular formula is C20H17NO4S. The molecule has 2 aromatic rings. The molecule has 132 valence electrons. The number of terminal acetylenes is 1. The summed E-state index contributed by atoms with van der Waals surface area (Å²) in [5, 5.41) is 9.22. The number of hydrogen-bond donors (Lipinski definition) is 1. The number of ether oxygens (including phenoxy) is 1. The van der Waals surface area contributed by atoms with E-state index in [9.17, 15) is 14.7 Å². The van der Waals surface area contributed by atoms with Gasteiger partial charge in [0.15, 0.2) is 0 Å². The van der Waals surface area contributed by atoms with Gasteiger partial charge in [-0.25, -0.2) is 4.79 Å². The average Bonchev–Trinajstić information content (AvgIpc) is 3.12. The molecule has 1 fully saturated rings. The monoisotopic (exact) mass is 367 g/mol. The van der Waals surface area contributed by atoms with Crippen LogP contribution in [0.5, 0.6) is 5.75 Å². The van der Waals surface area contributed by atoms with Crippen molar-refractivity contribution in [3.8, 4) is 18.1 Å². The fourth-order valence-corrected chi connectivity index (χ4v) is 4.27. The Bertz CT molecular complexity index is 846. The van der Waals surface area contributed by atoms with E-state index < -0.39 is 12.0 Å². The standard InChI is InChI=1S/C20H17NO4S/c1-2-12-25-17-11-7-6-10-15(17)18(22)21-16(20(23)24)13-26-19(21)14-8-4-3-5-9-14/h1,3-11,16,19H,12-13H2,(H,23,24)/t16-,19+/m0/s1. The SMILES string of the molecule is C#CCOc1ccccc1C(=O)N1[C@@H](c2ccccc2)SC[C@H]1C(=O)O. The molecule has 0 unspecified atom stereocenters. The number of hydrogen-bond acceptors (Lipinski definition) is 4. The number of carboxylic acids is 1. The third-order valence-corrected chi connectivity index (χ3v) is 5.36. The van der Waals surface area contributed by atoms with E-state index >= 15 is 0 Å². The molecule has 26 heavy (non-hydrogen) atoms. The molecule has 2 atom stereocenters. The number of aliphatic carboxylic acids is 1. The minimum absolute atomic E-state index is 0.0313. The van der Waals surface area contributed by atoms with Crippen molar-refractivity contribution in [1.29, 1.82) is 0 Å². The quantitative estimate of drug-likeness (QED) is 0.823. The van der Waals surface area contributed by atoms with Crippen LogP contribution in [0.1, 0.15) is 21.3 Å². The van der Waals surface area contributed by atoms with Crippen LogP contribution in [-0.4, -0.2) is 40.3 Å². The minimum Gasteiger partial charge on any atom is -0.480 e. The molecule has 1 heterocycles. The Labute approximate surface area is 156 Å². The highest BCUT2D eigenvalue weighted by Crippen LogP contribution is 2.42. The van der Waals surface area contributed by atoms with Gasteiger partial charge in [-0.3, -0.25) is 4.79 Å². The van der Waals surface area contributed by atoms with E-state index in [0.29, 0.717) is 17.1 Å². The highest BCUT2D eigenvalue weighted by Gasteiger charge is 2.43. The number of rotatable bonds is 5. The van der Waals surface area contributed by atoms with Crippen LogP contribution in [-0.2, 0) is 4.79 Å². The van der Waals surface area contributed by atoms with Gasteiger partial charge in [0, 0.05) is 5.75 Å². The molecule has 0 aliphatic carbocycles. The topological polar surface area (TPSA) is 66.8 Å². The number of amides is 1. The molecule has 5 nitrogen and oxygen atoms in total. The van der Waals surface area contributed by atoms with E-state index in [1.54, 1.807) is 24.3 Å². The summed E-state index contributed by atoms with van der Waals surface area (Å²) >= 11 is 1.44.